The zero-order chi connectivity index (χ0) is 19.3. The van der Waals surface area contributed by atoms with E-state index in [0.717, 1.165) is 18.9 Å². The van der Waals surface area contributed by atoms with Gasteiger partial charge in [0.25, 0.3) is 5.56 Å². The quantitative estimate of drug-likeness (QED) is 0.870. The van der Waals surface area contributed by atoms with Gasteiger partial charge in [0.05, 0.1) is 31.1 Å². The SMILES string of the molecule is COc1cccc(F)c1F.Cc1nc(C2CCC(C)O2)[nH]c(=O)c1CO. The van der Waals surface area contributed by atoms with E-state index in [2.05, 4.69) is 14.7 Å². The summed E-state index contributed by atoms with van der Waals surface area (Å²) in [5, 5.41) is 9.01. The fourth-order valence-corrected chi connectivity index (χ4v) is 2.62. The maximum absolute atomic E-state index is 12.5. The van der Waals surface area contributed by atoms with E-state index in [1.54, 1.807) is 6.92 Å². The molecule has 1 aromatic heterocycles. The molecule has 2 unspecified atom stereocenters. The predicted molar refractivity (Wildman–Crippen MR) is 90.9 cm³/mol. The lowest BCUT2D eigenvalue weighted by Gasteiger charge is -2.11. The van der Waals surface area contributed by atoms with Crippen LogP contribution in [-0.2, 0) is 11.3 Å². The summed E-state index contributed by atoms with van der Waals surface area (Å²) >= 11 is 0. The molecule has 0 saturated carbocycles. The van der Waals surface area contributed by atoms with Gasteiger partial charge < -0.3 is 19.6 Å². The Balaban J connectivity index is 0.000000209. The lowest BCUT2D eigenvalue weighted by molar-refractivity contribution is 0.0499. The van der Waals surface area contributed by atoms with Crippen molar-refractivity contribution in [1.29, 1.82) is 0 Å². The highest BCUT2D eigenvalue weighted by Crippen LogP contribution is 2.30. The topological polar surface area (TPSA) is 84.4 Å². The van der Waals surface area contributed by atoms with Gasteiger partial charge in [-0.1, -0.05) is 6.07 Å². The molecule has 0 bridgehead atoms. The number of ether oxygens (including phenoxy) is 2. The Hall–Kier alpha value is -2.32. The van der Waals surface area contributed by atoms with Crippen LogP contribution >= 0.6 is 0 Å². The molecule has 6 nitrogen and oxygen atoms in total. The lowest BCUT2D eigenvalue weighted by atomic mass is 10.2. The molecule has 1 aromatic carbocycles. The number of aliphatic hydroxyl groups excluding tert-OH is 1. The van der Waals surface area contributed by atoms with Gasteiger partial charge in [-0.2, -0.15) is 4.39 Å². The van der Waals surface area contributed by atoms with Gasteiger partial charge in [-0.25, -0.2) is 9.37 Å². The minimum atomic E-state index is -0.940. The van der Waals surface area contributed by atoms with Crippen molar-refractivity contribution in [3.05, 3.63) is 57.3 Å². The number of aromatic nitrogens is 2. The summed E-state index contributed by atoms with van der Waals surface area (Å²) in [7, 11) is 1.29. The van der Waals surface area contributed by atoms with Crippen molar-refractivity contribution in [3.63, 3.8) is 0 Å². The zero-order valence-electron chi connectivity index (χ0n) is 14.9. The Morgan fingerprint density at radius 2 is 2.12 bits per heavy atom. The summed E-state index contributed by atoms with van der Waals surface area (Å²) in [6.07, 6.45) is 1.96. The molecule has 1 saturated heterocycles. The number of hydrogen-bond donors (Lipinski definition) is 2. The number of benzene rings is 1. The van der Waals surface area contributed by atoms with Crippen LogP contribution in [0.5, 0.6) is 5.75 Å². The second kappa shape index (κ2) is 8.86. The van der Waals surface area contributed by atoms with Gasteiger partial charge >= 0.3 is 0 Å². The average Bonchev–Trinajstić information content (AvgIpc) is 3.04. The molecular weight excluding hydrogens is 346 g/mol. The summed E-state index contributed by atoms with van der Waals surface area (Å²) in [4.78, 5) is 18.6. The van der Waals surface area contributed by atoms with Crippen LogP contribution in [0.1, 0.15) is 43.0 Å². The van der Waals surface area contributed by atoms with Crippen molar-refractivity contribution in [2.45, 2.75) is 45.5 Å². The Bertz CT molecular complexity index is 810. The van der Waals surface area contributed by atoms with Crippen molar-refractivity contribution < 1.29 is 23.4 Å². The number of hydrogen-bond acceptors (Lipinski definition) is 5. The summed E-state index contributed by atoms with van der Waals surface area (Å²) in [5.74, 6) is -1.33. The fraction of sp³-hybridized carbons (Fsp3) is 0.444. The van der Waals surface area contributed by atoms with Crippen molar-refractivity contribution in [2.24, 2.45) is 0 Å². The van der Waals surface area contributed by atoms with Crippen LogP contribution in [0.3, 0.4) is 0 Å². The van der Waals surface area contributed by atoms with E-state index >= 15 is 0 Å². The Labute approximate surface area is 149 Å². The number of aromatic amines is 1. The molecule has 1 aliphatic rings. The molecule has 2 N–H and O–H groups in total. The molecule has 0 spiro atoms. The van der Waals surface area contributed by atoms with Crippen LogP contribution in [0.4, 0.5) is 8.78 Å². The highest BCUT2D eigenvalue weighted by atomic mass is 19.2. The first-order valence-corrected chi connectivity index (χ1v) is 8.21. The molecule has 8 heteroatoms. The van der Waals surface area contributed by atoms with Crippen LogP contribution in [0, 0.1) is 18.6 Å². The first kappa shape index (κ1) is 20.0. The summed E-state index contributed by atoms with van der Waals surface area (Å²) < 4.78 is 35.0. The Morgan fingerprint density at radius 3 is 2.62 bits per heavy atom. The van der Waals surface area contributed by atoms with Crippen molar-refractivity contribution in [3.8, 4) is 5.75 Å². The molecule has 0 aliphatic carbocycles. The van der Waals surface area contributed by atoms with E-state index in [9.17, 15) is 13.6 Å². The maximum Gasteiger partial charge on any atom is 0.256 e. The number of aliphatic hydroxyl groups is 1. The Morgan fingerprint density at radius 1 is 1.38 bits per heavy atom. The standard InChI is InChI=1S/C11H16N2O3.C7H6F2O/c1-6-3-4-9(16-6)10-12-7(2)8(5-14)11(15)13-10;1-10-6-4-2-3-5(8)7(6)9/h6,9,14H,3-5H2,1-2H3,(H,12,13,15);2-4H,1H3. The van der Waals surface area contributed by atoms with Crippen molar-refractivity contribution in [2.75, 3.05) is 7.11 Å². The van der Waals surface area contributed by atoms with Gasteiger partial charge in [0.2, 0.25) is 5.82 Å². The molecule has 2 heterocycles. The van der Waals surface area contributed by atoms with E-state index in [0.29, 0.717) is 17.1 Å². The third-order valence-electron chi connectivity index (χ3n) is 4.07. The molecule has 2 atom stereocenters. The van der Waals surface area contributed by atoms with Crippen LogP contribution in [0.2, 0.25) is 0 Å². The number of nitrogens with one attached hydrogen (secondary N) is 1. The van der Waals surface area contributed by atoms with Crippen LogP contribution in [0.25, 0.3) is 0 Å². The summed E-state index contributed by atoms with van der Waals surface area (Å²) in [6.45, 7) is 3.45. The van der Waals surface area contributed by atoms with Gasteiger partial charge in [0.15, 0.2) is 11.6 Å². The Kier molecular flexibility index (Phi) is 6.82. The van der Waals surface area contributed by atoms with E-state index in [-0.39, 0.29) is 30.1 Å². The van der Waals surface area contributed by atoms with Gasteiger partial charge in [-0.05, 0) is 38.8 Å². The van der Waals surface area contributed by atoms with Gasteiger partial charge in [0.1, 0.15) is 11.9 Å². The van der Waals surface area contributed by atoms with Crippen LogP contribution in [0.15, 0.2) is 23.0 Å². The number of rotatable bonds is 3. The normalized spacial score (nSPS) is 19.0. The summed E-state index contributed by atoms with van der Waals surface area (Å²) in [5.41, 5.74) is 0.632. The van der Waals surface area contributed by atoms with E-state index in [1.165, 1.54) is 19.2 Å². The third-order valence-corrected chi connectivity index (χ3v) is 4.07. The van der Waals surface area contributed by atoms with Crippen molar-refractivity contribution in [1.82, 2.24) is 9.97 Å². The van der Waals surface area contributed by atoms with Crippen molar-refractivity contribution >= 4 is 0 Å². The zero-order valence-corrected chi connectivity index (χ0v) is 14.9. The van der Waals surface area contributed by atoms with E-state index in [1.807, 2.05) is 6.92 Å². The minimum absolute atomic E-state index is 0.0694. The van der Waals surface area contributed by atoms with Gasteiger partial charge in [-0.15, -0.1) is 0 Å². The van der Waals surface area contributed by atoms with Crippen LogP contribution < -0.4 is 10.3 Å². The first-order valence-electron chi connectivity index (χ1n) is 8.21. The number of aryl methyl sites for hydroxylation is 1. The molecule has 1 fully saturated rings. The highest BCUT2D eigenvalue weighted by Gasteiger charge is 2.26. The monoisotopic (exact) mass is 368 g/mol. The number of methoxy groups -OCH3 is 1. The smallest absolute Gasteiger partial charge is 0.256 e. The van der Waals surface area contributed by atoms with Gasteiger partial charge in [-0.3, -0.25) is 4.79 Å². The molecule has 1 aliphatic heterocycles. The first-order chi connectivity index (χ1) is 12.4. The maximum atomic E-state index is 12.5. The molecule has 26 heavy (non-hydrogen) atoms. The van der Waals surface area contributed by atoms with E-state index in [4.69, 9.17) is 9.84 Å². The second-order valence-corrected chi connectivity index (χ2v) is 5.94. The molecule has 0 radical (unpaired) electrons. The molecule has 142 valence electrons. The largest absolute Gasteiger partial charge is 0.494 e. The second-order valence-electron chi connectivity index (χ2n) is 5.94. The fourth-order valence-electron chi connectivity index (χ4n) is 2.62. The summed E-state index contributed by atoms with van der Waals surface area (Å²) in [6, 6.07) is 3.79. The number of H-pyrrole nitrogens is 1. The third kappa shape index (κ3) is 4.64. The van der Waals surface area contributed by atoms with Crippen LogP contribution in [-0.4, -0.2) is 28.3 Å². The highest BCUT2D eigenvalue weighted by molar-refractivity contribution is 5.24. The molecule has 0 amide bonds. The average molecular weight is 368 g/mol. The minimum Gasteiger partial charge on any atom is -0.494 e. The lowest BCUT2D eigenvalue weighted by Crippen LogP contribution is -2.20. The number of nitrogens with zero attached hydrogens (tertiary/aromatic N) is 1. The van der Waals surface area contributed by atoms with Gasteiger partial charge in [0, 0.05) is 0 Å². The van der Waals surface area contributed by atoms with E-state index < -0.39 is 11.6 Å². The predicted octanol–water partition coefficient (Wildman–Crippen LogP) is 2.78. The number of halogens is 2. The molecular formula is C18H22F2N2O4. The molecule has 3 rings (SSSR count). The molecule has 2 aromatic rings.